The van der Waals surface area contributed by atoms with E-state index in [0.29, 0.717) is 6.61 Å². The van der Waals surface area contributed by atoms with Crippen molar-refractivity contribution in [3.63, 3.8) is 0 Å². The molecule has 1 saturated carbocycles. The second kappa shape index (κ2) is 3.45. The highest BCUT2D eigenvalue weighted by Crippen LogP contribution is 2.44. The molecule has 0 amide bonds. The molecule has 1 aliphatic rings. The molecule has 0 spiro atoms. The zero-order chi connectivity index (χ0) is 8.48. The van der Waals surface area contributed by atoms with E-state index in [1.54, 1.807) is 6.92 Å². The van der Waals surface area contributed by atoms with E-state index in [1.165, 1.54) is 0 Å². The minimum atomic E-state index is -0.599. The third-order valence-electron chi connectivity index (χ3n) is 1.68. The van der Waals surface area contributed by atoms with Crippen LogP contribution in [0.4, 0.5) is 0 Å². The van der Waals surface area contributed by atoms with Crippen LogP contribution in [0.2, 0.25) is 0 Å². The van der Waals surface area contributed by atoms with Gasteiger partial charge in [-0.05, 0) is 25.1 Å². The van der Waals surface area contributed by atoms with Crippen molar-refractivity contribution in [3.05, 3.63) is 0 Å². The third-order valence-corrected chi connectivity index (χ3v) is 3.52. The van der Waals surface area contributed by atoms with E-state index >= 15 is 0 Å². The first kappa shape index (κ1) is 9.54. The Hall–Kier alpha value is 0.450. The van der Waals surface area contributed by atoms with E-state index < -0.39 is 5.54 Å². The van der Waals surface area contributed by atoms with Crippen LogP contribution in [0.1, 0.15) is 13.3 Å². The SMILES string of the molecule is CCOC(=O)[C@@]1(NCl)C[C@H]1I. The molecule has 3 nitrogen and oxygen atoms in total. The second-order valence-corrected chi connectivity index (χ2v) is 4.15. The van der Waals surface area contributed by atoms with Crippen LogP contribution in [-0.4, -0.2) is 22.0 Å². The molecule has 2 atom stereocenters. The van der Waals surface area contributed by atoms with E-state index in [0.717, 1.165) is 6.42 Å². The average molecular weight is 290 g/mol. The van der Waals surface area contributed by atoms with Crippen molar-refractivity contribution in [1.82, 2.24) is 4.84 Å². The molecule has 0 heterocycles. The number of ether oxygens (including phenoxy) is 1. The van der Waals surface area contributed by atoms with Crippen molar-refractivity contribution >= 4 is 40.3 Å². The fraction of sp³-hybridized carbons (Fsp3) is 0.833. The van der Waals surface area contributed by atoms with E-state index in [4.69, 9.17) is 16.5 Å². The lowest BCUT2D eigenvalue weighted by Crippen LogP contribution is -2.37. The number of nitrogens with one attached hydrogen (secondary N) is 1. The van der Waals surface area contributed by atoms with Crippen LogP contribution in [0.25, 0.3) is 0 Å². The summed E-state index contributed by atoms with van der Waals surface area (Å²) in [5.74, 6) is -0.241. The predicted octanol–water partition coefficient (Wildman–Crippen LogP) is 1.24. The Morgan fingerprint density at radius 2 is 2.55 bits per heavy atom. The maximum absolute atomic E-state index is 11.2. The summed E-state index contributed by atoms with van der Waals surface area (Å²) in [6, 6.07) is 0. The summed E-state index contributed by atoms with van der Waals surface area (Å²) in [7, 11) is 0. The lowest BCUT2D eigenvalue weighted by atomic mass is 10.3. The highest BCUT2D eigenvalue weighted by Gasteiger charge is 2.60. The Morgan fingerprint density at radius 1 is 2.00 bits per heavy atom. The summed E-state index contributed by atoms with van der Waals surface area (Å²) in [6.45, 7) is 2.19. The number of hydrogen-bond acceptors (Lipinski definition) is 3. The third kappa shape index (κ3) is 1.62. The zero-order valence-corrected chi connectivity index (χ0v) is 8.98. The van der Waals surface area contributed by atoms with Crippen molar-refractivity contribution in [1.29, 1.82) is 0 Å². The molecule has 0 aromatic rings. The molecule has 5 heteroatoms. The quantitative estimate of drug-likeness (QED) is 0.368. The zero-order valence-electron chi connectivity index (χ0n) is 6.06. The normalized spacial score (nSPS) is 35.0. The smallest absolute Gasteiger partial charge is 0.328 e. The van der Waals surface area contributed by atoms with Crippen LogP contribution in [0.15, 0.2) is 0 Å². The minimum Gasteiger partial charge on any atom is -0.465 e. The topological polar surface area (TPSA) is 38.3 Å². The Kier molecular flexibility index (Phi) is 2.99. The van der Waals surface area contributed by atoms with Gasteiger partial charge in [-0.3, -0.25) is 0 Å². The van der Waals surface area contributed by atoms with Gasteiger partial charge in [0.15, 0.2) is 0 Å². The van der Waals surface area contributed by atoms with Gasteiger partial charge < -0.3 is 4.74 Å². The van der Waals surface area contributed by atoms with Gasteiger partial charge in [-0.15, -0.1) is 0 Å². The number of rotatable bonds is 3. The molecule has 0 saturated heterocycles. The van der Waals surface area contributed by atoms with Crippen LogP contribution in [0.5, 0.6) is 0 Å². The molecule has 1 aliphatic carbocycles. The summed E-state index contributed by atoms with van der Waals surface area (Å²) in [4.78, 5) is 13.7. The molecule has 0 aromatic heterocycles. The monoisotopic (exact) mass is 289 g/mol. The number of carbonyl (C=O) groups is 1. The fourth-order valence-electron chi connectivity index (χ4n) is 0.831. The van der Waals surface area contributed by atoms with Crippen LogP contribution >= 0.6 is 34.4 Å². The second-order valence-electron chi connectivity index (χ2n) is 2.46. The van der Waals surface area contributed by atoms with E-state index in [-0.39, 0.29) is 9.89 Å². The molecule has 0 bridgehead atoms. The summed E-state index contributed by atoms with van der Waals surface area (Å²) >= 11 is 7.60. The Balaban J connectivity index is 2.51. The molecular formula is C6H9ClINO2. The first-order valence-corrected chi connectivity index (χ1v) is 4.99. The number of hydrogen-bond donors (Lipinski definition) is 1. The van der Waals surface area contributed by atoms with E-state index in [2.05, 4.69) is 27.4 Å². The molecule has 64 valence electrons. The van der Waals surface area contributed by atoms with Gasteiger partial charge >= 0.3 is 5.97 Å². The number of esters is 1. The van der Waals surface area contributed by atoms with Gasteiger partial charge in [-0.1, -0.05) is 22.6 Å². The molecule has 0 aromatic carbocycles. The highest BCUT2D eigenvalue weighted by atomic mass is 127. The van der Waals surface area contributed by atoms with E-state index in [9.17, 15) is 4.79 Å². The summed E-state index contributed by atoms with van der Waals surface area (Å²) in [6.07, 6.45) is 0.760. The number of alkyl halides is 1. The van der Waals surface area contributed by atoms with Crippen LogP contribution in [-0.2, 0) is 9.53 Å². The van der Waals surface area contributed by atoms with Gasteiger partial charge in [0.05, 0.1) is 6.61 Å². The Morgan fingerprint density at radius 3 is 2.82 bits per heavy atom. The Labute approximate surface area is 84.1 Å². The van der Waals surface area contributed by atoms with Gasteiger partial charge in [-0.25, -0.2) is 9.63 Å². The lowest BCUT2D eigenvalue weighted by molar-refractivity contribution is -0.146. The highest BCUT2D eigenvalue weighted by molar-refractivity contribution is 14.1. The molecule has 0 aliphatic heterocycles. The van der Waals surface area contributed by atoms with Gasteiger partial charge in [-0.2, -0.15) is 0 Å². The van der Waals surface area contributed by atoms with Crippen LogP contribution in [0.3, 0.4) is 0 Å². The molecule has 11 heavy (non-hydrogen) atoms. The molecule has 1 rings (SSSR count). The van der Waals surface area contributed by atoms with E-state index in [1.807, 2.05) is 0 Å². The molecule has 0 radical (unpaired) electrons. The van der Waals surface area contributed by atoms with Gasteiger partial charge in [0, 0.05) is 3.92 Å². The van der Waals surface area contributed by atoms with Crippen molar-refractivity contribution in [2.24, 2.45) is 0 Å². The maximum Gasteiger partial charge on any atom is 0.328 e. The van der Waals surface area contributed by atoms with Crippen LogP contribution < -0.4 is 4.84 Å². The van der Waals surface area contributed by atoms with Gasteiger partial charge in [0.2, 0.25) is 0 Å². The van der Waals surface area contributed by atoms with Crippen molar-refractivity contribution < 1.29 is 9.53 Å². The van der Waals surface area contributed by atoms with Crippen molar-refractivity contribution in [2.75, 3.05) is 6.61 Å². The molecule has 0 unspecified atom stereocenters. The van der Waals surface area contributed by atoms with Crippen molar-refractivity contribution in [3.8, 4) is 0 Å². The first-order valence-electron chi connectivity index (χ1n) is 3.36. The largest absolute Gasteiger partial charge is 0.465 e. The lowest BCUT2D eigenvalue weighted by Gasteiger charge is -2.10. The summed E-state index contributed by atoms with van der Waals surface area (Å²) < 4.78 is 5.10. The van der Waals surface area contributed by atoms with Crippen LogP contribution in [0, 0.1) is 0 Å². The predicted molar refractivity (Wildman–Crippen MR) is 50.8 cm³/mol. The molecule has 1 N–H and O–H groups in total. The van der Waals surface area contributed by atoms with Crippen molar-refractivity contribution in [2.45, 2.75) is 22.8 Å². The fourth-order valence-corrected chi connectivity index (χ4v) is 2.41. The number of carbonyl (C=O) groups excluding carboxylic acids is 1. The Bertz CT molecular complexity index is 174. The molecule has 1 fully saturated rings. The summed E-state index contributed by atoms with van der Waals surface area (Å²) in [5, 5.41) is 0. The average Bonchev–Trinajstić information content (AvgIpc) is 2.63. The number of halogens is 2. The van der Waals surface area contributed by atoms with Gasteiger partial charge in [0.1, 0.15) is 5.54 Å². The van der Waals surface area contributed by atoms with Gasteiger partial charge in [0.25, 0.3) is 0 Å². The summed E-state index contributed by atoms with van der Waals surface area (Å²) in [5.41, 5.74) is -0.599. The maximum atomic E-state index is 11.2. The first-order chi connectivity index (χ1) is 5.17. The minimum absolute atomic E-state index is 0.241. The molecular weight excluding hydrogens is 280 g/mol. The standard InChI is InChI=1S/C6H9ClINO2/c1-2-11-5(10)6(9-7)3-4(6)8/h4,9H,2-3H2,1H3/t4-,6-/m1/s1.